The lowest BCUT2D eigenvalue weighted by molar-refractivity contribution is 0.298. The minimum atomic E-state index is -1.18. The zero-order valence-electron chi connectivity index (χ0n) is 17.7. The maximum atomic E-state index is 13.7. The Morgan fingerprint density at radius 3 is 3.00 bits per heavy atom. The fourth-order valence-electron chi connectivity index (χ4n) is 3.92. The van der Waals surface area contributed by atoms with Gasteiger partial charge in [-0.2, -0.15) is 4.98 Å². The largest absolute Gasteiger partial charge is 0.492 e. The van der Waals surface area contributed by atoms with Crippen LogP contribution in [0.1, 0.15) is 24.1 Å². The molecule has 0 amide bonds. The highest BCUT2D eigenvalue weighted by molar-refractivity contribution is 7.85. The smallest absolute Gasteiger partial charge is 0.228 e. The van der Waals surface area contributed by atoms with E-state index in [0.29, 0.717) is 60.0 Å². The molecule has 0 bridgehead atoms. The van der Waals surface area contributed by atoms with Gasteiger partial charge in [0.15, 0.2) is 5.82 Å². The maximum absolute atomic E-state index is 13.7. The third kappa shape index (κ3) is 3.86. The van der Waals surface area contributed by atoms with Crippen LogP contribution in [0.25, 0.3) is 5.76 Å². The van der Waals surface area contributed by atoms with Gasteiger partial charge >= 0.3 is 0 Å². The first-order valence-corrected chi connectivity index (χ1v) is 11.8. The Bertz CT molecular complexity index is 1230. The molecule has 0 radical (unpaired) electrons. The minimum Gasteiger partial charge on any atom is -0.492 e. The molecule has 10 heteroatoms. The molecule has 0 aliphatic carbocycles. The third-order valence-electron chi connectivity index (χ3n) is 5.45. The molecule has 166 valence electrons. The van der Waals surface area contributed by atoms with Gasteiger partial charge in [0.1, 0.15) is 28.0 Å². The number of benzene rings is 1. The van der Waals surface area contributed by atoms with Gasteiger partial charge in [0.05, 0.1) is 29.6 Å². The summed E-state index contributed by atoms with van der Waals surface area (Å²) in [5, 5.41) is 3.15. The quantitative estimate of drug-likeness (QED) is 0.573. The van der Waals surface area contributed by atoms with E-state index in [1.807, 2.05) is 18.0 Å². The molecular weight excluding hydrogens is 431 g/mol. The van der Waals surface area contributed by atoms with Crippen LogP contribution < -0.4 is 10.2 Å². The average molecular weight is 455 g/mol. The number of rotatable bonds is 6. The van der Waals surface area contributed by atoms with Crippen LogP contribution in [-0.2, 0) is 35.0 Å². The SMILES string of the molecule is C=C(OCC)c1cn2c(n1)CN(c1nc3c(c(Nc4cccc(F)c4)n1)S(=O)CC3)CC2. The number of nitrogens with one attached hydrogen (secondary N) is 1. The number of imidazole rings is 1. The van der Waals surface area contributed by atoms with Crippen molar-refractivity contribution in [2.75, 3.05) is 29.1 Å². The van der Waals surface area contributed by atoms with E-state index < -0.39 is 10.8 Å². The summed E-state index contributed by atoms with van der Waals surface area (Å²) in [7, 11) is -1.18. The Balaban J connectivity index is 1.46. The van der Waals surface area contributed by atoms with E-state index in [-0.39, 0.29) is 5.82 Å². The topological polar surface area (TPSA) is 85.2 Å². The first-order valence-electron chi connectivity index (χ1n) is 10.5. The van der Waals surface area contributed by atoms with Crippen LogP contribution >= 0.6 is 0 Å². The summed E-state index contributed by atoms with van der Waals surface area (Å²) in [6.07, 6.45) is 2.57. The molecule has 8 nitrogen and oxygen atoms in total. The number of anilines is 3. The van der Waals surface area contributed by atoms with E-state index in [1.54, 1.807) is 12.1 Å². The van der Waals surface area contributed by atoms with E-state index in [4.69, 9.17) is 14.7 Å². The van der Waals surface area contributed by atoms with Crippen molar-refractivity contribution in [3.63, 3.8) is 0 Å². The van der Waals surface area contributed by atoms with Crippen LogP contribution in [0.4, 0.5) is 21.8 Å². The summed E-state index contributed by atoms with van der Waals surface area (Å²) in [6, 6.07) is 6.13. The molecule has 0 fully saturated rings. The van der Waals surface area contributed by atoms with Gasteiger partial charge in [-0.15, -0.1) is 0 Å². The molecule has 1 aromatic carbocycles. The zero-order valence-corrected chi connectivity index (χ0v) is 18.5. The number of nitrogens with zero attached hydrogens (tertiary/aromatic N) is 5. The van der Waals surface area contributed by atoms with Crippen molar-refractivity contribution in [1.29, 1.82) is 0 Å². The van der Waals surface area contributed by atoms with Gasteiger partial charge < -0.3 is 19.5 Å². The molecule has 32 heavy (non-hydrogen) atoms. The van der Waals surface area contributed by atoms with Crippen LogP contribution in [-0.4, -0.2) is 42.6 Å². The van der Waals surface area contributed by atoms with Gasteiger partial charge in [-0.1, -0.05) is 12.6 Å². The van der Waals surface area contributed by atoms with Crippen molar-refractivity contribution in [1.82, 2.24) is 19.5 Å². The van der Waals surface area contributed by atoms with Crippen molar-refractivity contribution in [3.05, 3.63) is 60.1 Å². The molecule has 0 saturated carbocycles. The molecule has 1 atom stereocenters. The summed E-state index contributed by atoms with van der Waals surface area (Å²) < 4.78 is 33.8. The van der Waals surface area contributed by atoms with E-state index in [0.717, 1.165) is 23.8 Å². The van der Waals surface area contributed by atoms with Crippen molar-refractivity contribution in [2.24, 2.45) is 0 Å². The fourth-order valence-corrected chi connectivity index (χ4v) is 5.22. The molecule has 1 N–H and O–H groups in total. The Kier molecular flexibility index (Phi) is 5.38. The van der Waals surface area contributed by atoms with Gasteiger partial charge in [0.2, 0.25) is 5.95 Å². The number of aromatic nitrogens is 4. The van der Waals surface area contributed by atoms with Gasteiger partial charge in [-0.25, -0.2) is 14.4 Å². The Hall–Kier alpha value is -3.27. The predicted molar refractivity (Wildman–Crippen MR) is 121 cm³/mol. The number of hydrogen-bond donors (Lipinski definition) is 1. The summed E-state index contributed by atoms with van der Waals surface area (Å²) in [4.78, 5) is 16.7. The van der Waals surface area contributed by atoms with E-state index >= 15 is 0 Å². The van der Waals surface area contributed by atoms with Crippen LogP contribution in [0.3, 0.4) is 0 Å². The average Bonchev–Trinajstić information content (AvgIpc) is 3.37. The minimum absolute atomic E-state index is 0.352. The van der Waals surface area contributed by atoms with Crippen molar-refractivity contribution in [3.8, 4) is 0 Å². The third-order valence-corrected chi connectivity index (χ3v) is 6.91. The predicted octanol–water partition coefficient (Wildman–Crippen LogP) is 3.25. The Morgan fingerprint density at radius 1 is 1.31 bits per heavy atom. The summed E-state index contributed by atoms with van der Waals surface area (Å²) in [5.74, 6) is 2.60. The number of aryl methyl sites for hydroxylation is 1. The lowest BCUT2D eigenvalue weighted by atomic mass is 10.3. The van der Waals surface area contributed by atoms with Crippen LogP contribution in [0.2, 0.25) is 0 Å². The molecule has 0 spiro atoms. The molecule has 1 unspecified atom stereocenters. The van der Waals surface area contributed by atoms with Crippen LogP contribution in [0.15, 0.2) is 41.9 Å². The molecule has 2 aromatic heterocycles. The lowest BCUT2D eigenvalue weighted by Crippen LogP contribution is -2.35. The second-order valence-electron chi connectivity index (χ2n) is 7.60. The standard InChI is InChI=1S/C22H23FN6O2S/c1-3-31-14(2)18-12-28-8-9-29(13-19(28)25-18)22-26-17-7-10-32(30)20(17)21(27-22)24-16-6-4-5-15(23)11-16/h4-6,11-12H,2-3,7-10,13H2,1H3,(H,24,26,27). The first-order chi connectivity index (χ1) is 15.5. The van der Waals surface area contributed by atoms with Crippen molar-refractivity contribution >= 4 is 34.0 Å². The Morgan fingerprint density at radius 2 is 2.19 bits per heavy atom. The zero-order chi connectivity index (χ0) is 22.2. The summed E-state index contributed by atoms with van der Waals surface area (Å²) in [5.41, 5.74) is 2.04. The van der Waals surface area contributed by atoms with Gasteiger partial charge in [-0.05, 0) is 25.1 Å². The normalized spacial score (nSPS) is 17.1. The number of ether oxygens (including phenoxy) is 1. The van der Waals surface area contributed by atoms with Gasteiger partial charge in [0, 0.05) is 37.1 Å². The highest BCUT2D eigenvalue weighted by Crippen LogP contribution is 2.32. The number of halogens is 1. The monoisotopic (exact) mass is 454 g/mol. The van der Waals surface area contributed by atoms with Gasteiger partial charge in [-0.3, -0.25) is 4.21 Å². The highest BCUT2D eigenvalue weighted by Gasteiger charge is 2.29. The summed E-state index contributed by atoms with van der Waals surface area (Å²) >= 11 is 0. The van der Waals surface area contributed by atoms with E-state index in [1.165, 1.54) is 12.1 Å². The molecule has 5 rings (SSSR count). The lowest BCUT2D eigenvalue weighted by Gasteiger charge is -2.28. The maximum Gasteiger partial charge on any atom is 0.228 e. The fraction of sp³-hybridized carbons (Fsp3) is 0.318. The number of fused-ring (bicyclic) bond motifs is 2. The summed E-state index contributed by atoms with van der Waals surface area (Å²) in [6.45, 7) is 8.34. The Labute approximate surface area is 187 Å². The first kappa shape index (κ1) is 20.6. The second kappa shape index (κ2) is 8.34. The second-order valence-corrected chi connectivity index (χ2v) is 9.10. The van der Waals surface area contributed by atoms with Crippen LogP contribution in [0, 0.1) is 5.82 Å². The number of hydrogen-bond acceptors (Lipinski definition) is 7. The van der Waals surface area contributed by atoms with E-state index in [2.05, 4.69) is 21.4 Å². The molecule has 0 saturated heterocycles. The van der Waals surface area contributed by atoms with Gasteiger partial charge in [0.25, 0.3) is 0 Å². The molecule has 2 aliphatic rings. The van der Waals surface area contributed by atoms with Crippen LogP contribution in [0.5, 0.6) is 0 Å². The molecular formula is C22H23FN6O2S. The molecule has 2 aliphatic heterocycles. The molecule has 4 heterocycles. The van der Waals surface area contributed by atoms with E-state index in [9.17, 15) is 8.60 Å². The highest BCUT2D eigenvalue weighted by atomic mass is 32.2. The molecule has 3 aromatic rings. The van der Waals surface area contributed by atoms with Crippen molar-refractivity contribution < 1.29 is 13.3 Å². The van der Waals surface area contributed by atoms with Crippen molar-refractivity contribution in [2.45, 2.75) is 31.3 Å².